The maximum Gasteiger partial charge on any atom is 0.237 e. The van der Waals surface area contributed by atoms with Crippen LogP contribution in [-0.4, -0.2) is 23.4 Å². The smallest absolute Gasteiger partial charge is 0.237 e. The molecule has 3 nitrogen and oxygen atoms in total. The second kappa shape index (κ2) is 7.53. The van der Waals surface area contributed by atoms with Crippen LogP contribution in [0.25, 0.3) is 0 Å². The van der Waals surface area contributed by atoms with Gasteiger partial charge in [-0.3, -0.25) is 9.69 Å². The van der Waals surface area contributed by atoms with Gasteiger partial charge in [0.15, 0.2) is 0 Å². The third-order valence-corrected chi connectivity index (χ3v) is 4.36. The number of rotatable bonds is 5. The largest absolute Gasteiger partial charge is 0.351 e. The summed E-state index contributed by atoms with van der Waals surface area (Å²) in [4.78, 5) is 14.6. The van der Waals surface area contributed by atoms with E-state index >= 15 is 0 Å². The lowest BCUT2D eigenvalue weighted by Gasteiger charge is -2.23. The molecule has 1 fully saturated rings. The van der Waals surface area contributed by atoms with Crippen LogP contribution in [0, 0.1) is 11.6 Å². The number of nitrogens with one attached hydrogen (secondary N) is 1. The van der Waals surface area contributed by atoms with Gasteiger partial charge in [-0.1, -0.05) is 36.4 Å². The van der Waals surface area contributed by atoms with Crippen LogP contribution in [-0.2, 0) is 17.9 Å². The molecule has 0 unspecified atom stereocenters. The number of carbonyl (C=O) groups is 1. The molecule has 1 heterocycles. The Balaban J connectivity index is 1.59. The van der Waals surface area contributed by atoms with Gasteiger partial charge in [-0.05, 0) is 31.0 Å². The summed E-state index contributed by atoms with van der Waals surface area (Å²) in [7, 11) is 0. The Bertz CT molecular complexity index is 706. The fourth-order valence-corrected chi connectivity index (χ4v) is 3.10. The van der Waals surface area contributed by atoms with Gasteiger partial charge in [-0.15, -0.1) is 0 Å². The number of hydrogen-bond acceptors (Lipinski definition) is 2. The predicted molar refractivity (Wildman–Crippen MR) is 88.1 cm³/mol. The molecule has 1 aliphatic rings. The highest BCUT2D eigenvalue weighted by molar-refractivity contribution is 5.82. The van der Waals surface area contributed by atoms with Gasteiger partial charge in [-0.25, -0.2) is 8.78 Å². The molecule has 24 heavy (non-hydrogen) atoms. The molecule has 0 aromatic heterocycles. The van der Waals surface area contributed by atoms with Crippen molar-refractivity contribution in [2.24, 2.45) is 0 Å². The Kier molecular flexibility index (Phi) is 5.20. The molecule has 0 radical (unpaired) electrons. The molecular weight excluding hydrogens is 310 g/mol. The summed E-state index contributed by atoms with van der Waals surface area (Å²) < 4.78 is 26.6. The van der Waals surface area contributed by atoms with Gasteiger partial charge in [0.1, 0.15) is 11.6 Å². The first-order valence-electron chi connectivity index (χ1n) is 8.13. The van der Waals surface area contributed by atoms with Crippen LogP contribution in [0.15, 0.2) is 48.5 Å². The standard InChI is InChI=1S/C19H20F2N2O/c20-16-9-8-15(17(21)11-16)12-22-19(24)18-7-4-10-23(18)13-14-5-2-1-3-6-14/h1-3,5-6,8-9,11,18H,4,7,10,12-13H2,(H,22,24)/t18-/m1/s1. The number of benzene rings is 2. The van der Waals surface area contributed by atoms with E-state index in [1.165, 1.54) is 17.7 Å². The molecule has 1 aliphatic heterocycles. The Morgan fingerprint density at radius 1 is 1.17 bits per heavy atom. The number of amides is 1. The molecule has 1 amide bonds. The molecule has 2 aromatic rings. The molecule has 0 aliphatic carbocycles. The minimum atomic E-state index is -0.636. The van der Waals surface area contributed by atoms with Gasteiger partial charge in [0, 0.05) is 24.7 Å². The van der Waals surface area contributed by atoms with Gasteiger partial charge in [0.2, 0.25) is 5.91 Å². The molecule has 1 saturated heterocycles. The molecule has 0 spiro atoms. The monoisotopic (exact) mass is 330 g/mol. The van der Waals surface area contributed by atoms with Crippen molar-refractivity contribution in [3.63, 3.8) is 0 Å². The van der Waals surface area contributed by atoms with Crippen molar-refractivity contribution >= 4 is 5.91 Å². The average molecular weight is 330 g/mol. The van der Waals surface area contributed by atoms with Crippen molar-refractivity contribution in [2.45, 2.75) is 32.0 Å². The second-order valence-electron chi connectivity index (χ2n) is 6.07. The van der Waals surface area contributed by atoms with E-state index in [-0.39, 0.29) is 24.1 Å². The maximum atomic E-state index is 13.6. The van der Waals surface area contributed by atoms with E-state index in [1.807, 2.05) is 30.3 Å². The van der Waals surface area contributed by atoms with Crippen molar-refractivity contribution in [2.75, 3.05) is 6.54 Å². The average Bonchev–Trinajstić information content (AvgIpc) is 3.03. The lowest BCUT2D eigenvalue weighted by Crippen LogP contribution is -2.42. The van der Waals surface area contributed by atoms with Crippen LogP contribution in [0.5, 0.6) is 0 Å². The summed E-state index contributed by atoms with van der Waals surface area (Å²) >= 11 is 0. The van der Waals surface area contributed by atoms with E-state index in [0.29, 0.717) is 0 Å². The predicted octanol–water partition coefficient (Wildman–Crippen LogP) is 3.25. The zero-order valence-electron chi connectivity index (χ0n) is 13.3. The van der Waals surface area contributed by atoms with E-state index in [4.69, 9.17) is 0 Å². The van der Waals surface area contributed by atoms with Crippen LogP contribution in [0.1, 0.15) is 24.0 Å². The Labute approximate surface area is 140 Å². The quantitative estimate of drug-likeness (QED) is 0.913. The third-order valence-electron chi connectivity index (χ3n) is 4.36. The van der Waals surface area contributed by atoms with Gasteiger partial charge in [0.05, 0.1) is 6.04 Å². The summed E-state index contributed by atoms with van der Waals surface area (Å²) in [5, 5.41) is 2.77. The summed E-state index contributed by atoms with van der Waals surface area (Å²) in [6, 6.07) is 13.2. The van der Waals surface area contributed by atoms with E-state index < -0.39 is 11.6 Å². The third kappa shape index (κ3) is 3.97. The lowest BCUT2D eigenvalue weighted by molar-refractivity contribution is -0.125. The van der Waals surface area contributed by atoms with Crippen LogP contribution in [0.4, 0.5) is 8.78 Å². The molecule has 1 N–H and O–H groups in total. The van der Waals surface area contributed by atoms with Crippen molar-refractivity contribution in [1.29, 1.82) is 0 Å². The Morgan fingerprint density at radius 2 is 1.96 bits per heavy atom. The SMILES string of the molecule is O=C(NCc1ccc(F)cc1F)[C@H]1CCCN1Cc1ccccc1. The molecule has 5 heteroatoms. The zero-order valence-corrected chi connectivity index (χ0v) is 13.3. The molecule has 0 saturated carbocycles. The molecule has 3 rings (SSSR count). The minimum Gasteiger partial charge on any atom is -0.351 e. The lowest BCUT2D eigenvalue weighted by atomic mass is 10.1. The molecule has 1 atom stereocenters. The fraction of sp³-hybridized carbons (Fsp3) is 0.316. The highest BCUT2D eigenvalue weighted by atomic mass is 19.1. The molecule has 126 valence electrons. The van der Waals surface area contributed by atoms with Crippen LogP contribution in [0.2, 0.25) is 0 Å². The fourth-order valence-electron chi connectivity index (χ4n) is 3.10. The normalized spacial score (nSPS) is 17.8. The van der Waals surface area contributed by atoms with Crippen molar-refractivity contribution in [3.05, 3.63) is 71.3 Å². The summed E-state index contributed by atoms with van der Waals surface area (Å²) in [6.45, 7) is 1.67. The number of likely N-dealkylation sites (tertiary alicyclic amines) is 1. The molecule has 2 aromatic carbocycles. The number of hydrogen-bond donors (Lipinski definition) is 1. The van der Waals surface area contributed by atoms with Gasteiger partial charge >= 0.3 is 0 Å². The zero-order chi connectivity index (χ0) is 16.9. The summed E-state index contributed by atoms with van der Waals surface area (Å²) in [6.07, 6.45) is 1.76. The Hall–Kier alpha value is -2.27. The highest BCUT2D eigenvalue weighted by Crippen LogP contribution is 2.20. The Morgan fingerprint density at radius 3 is 2.71 bits per heavy atom. The first-order chi connectivity index (χ1) is 11.6. The van der Waals surface area contributed by atoms with E-state index in [0.717, 1.165) is 32.0 Å². The van der Waals surface area contributed by atoms with Gasteiger partial charge in [0.25, 0.3) is 0 Å². The van der Waals surface area contributed by atoms with E-state index in [1.54, 1.807) is 0 Å². The first-order valence-corrected chi connectivity index (χ1v) is 8.13. The summed E-state index contributed by atoms with van der Waals surface area (Å²) in [5.41, 5.74) is 1.46. The topological polar surface area (TPSA) is 32.3 Å². The van der Waals surface area contributed by atoms with Gasteiger partial charge in [-0.2, -0.15) is 0 Å². The molecular formula is C19H20F2N2O. The van der Waals surface area contributed by atoms with Crippen LogP contribution >= 0.6 is 0 Å². The van der Waals surface area contributed by atoms with Crippen LogP contribution in [0.3, 0.4) is 0 Å². The summed E-state index contributed by atoms with van der Waals surface area (Å²) in [5.74, 6) is -1.36. The number of nitrogens with zero attached hydrogens (tertiary/aromatic N) is 1. The van der Waals surface area contributed by atoms with Crippen molar-refractivity contribution in [1.82, 2.24) is 10.2 Å². The van der Waals surface area contributed by atoms with Crippen molar-refractivity contribution < 1.29 is 13.6 Å². The number of halogens is 2. The minimum absolute atomic E-state index is 0.0701. The second-order valence-corrected chi connectivity index (χ2v) is 6.07. The highest BCUT2D eigenvalue weighted by Gasteiger charge is 2.30. The molecule has 0 bridgehead atoms. The number of carbonyl (C=O) groups excluding carboxylic acids is 1. The first kappa shape index (κ1) is 16.6. The van der Waals surface area contributed by atoms with Crippen LogP contribution < -0.4 is 5.32 Å². The maximum absolute atomic E-state index is 13.6. The van der Waals surface area contributed by atoms with E-state index in [2.05, 4.69) is 10.2 Å². The van der Waals surface area contributed by atoms with Crippen molar-refractivity contribution in [3.8, 4) is 0 Å². The van der Waals surface area contributed by atoms with Gasteiger partial charge < -0.3 is 5.32 Å². The van der Waals surface area contributed by atoms with E-state index in [9.17, 15) is 13.6 Å².